The van der Waals surface area contributed by atoms with Crippen molar-refractivity contribution < 1.29 is 0 Å². The van der Waals surface area contributed by atoms with E-state index >= 15 is 0 Å². The van der Waals surface area contributed by atoms with Crippen molar-refractivity contribution in [3.05, 3.63) is 12.4 Å². The third-order valence-corrected chi connectivity index (χ3v) is 3.85. The summed E-state index contributed by atoms with van der Waals surface area (Å²) in [6.45, 7) is 1.57. The maximum atomic E-state index is 5.92. The Balaban J connectivity index is 1.78. The Bertz CT molecular complexity index is 529. The van der Waals surface area contributed by atoms with Gasteiger partial charge in [0, 0.05) is 6.54 Å². The van der Waals surface area contributed by atoms with E-state index < -0.39 is 0 Å². The van der Waals surface area contributed by atoms with Crippen LogP contribution in [0.2, 0.25) is 0 Å². The molecule has 2 heterocycles. The molecule has 0 spiro atoms. The van der Waals surface area contributed by atoms with Gasteiger partial charge in [0.15, 0.2) is 5.65 Å². The Labute approximate surface area is 105 Å². The summed E-state index contributed by atoms with van der Waals surface area (Å²) in [5.74, 6) is 0.817. The SMILES string of the molecule is NCC1(CNc2cncc3nnnn23)CCCC1. The van der Waals surface area contributed by atoms with Crippen LogP contribution in [0.5, 0.6) is 0 Å². The number of fused-ring (bicyclic) bond motifs is 1. The van der Waals surface area contributed by atoms with Crippen LogP contribution in [-0.4, -0.2) is 38.1 Å². The summed E-state index contributed by atoms with van der Waals surface area (Å²) in [6, 6.07) is 0. The second kappa shape index (κ2) is 4.49. The van der Waals surface area contributed by atoms with Gasteiger partial charge in [-0.3, -0.25) is 4.98 Å². The second-order valence-corrected chi connectivity index (χ2v) is 5.01. The average molecular weight is 247 g/mol. The zero-order valence-electron chi connectivity index (χ0n) is 10.2. The third kappa shape index (κ3) is 1.90. The molecular weight excluding hydrogens is 230 g/mol. The first-order valence-electron chi connectivity index (χ1n) is 6.29. The van der Waals surface area contributed by atoms with Crippen molar-refractivity contribution in [2.24, 2.45) is 11.1 Å². The zero-order chi connectivity index (χ0) is 12.4. The van der Waals surface area contributed by atoms with Crippen LogP contribution in [0.1, 0.15) is 25.7 Å². The van der Waals surface area contributed by atoms with Gasteiger partial charge >= 0.3 is 0 Å². The smallest absolute Gasteiger partial charge is 0.199 e. The predicted octanol–water partition coefficient (Wildman–Crippen LogP) is 0.450. The predicted molar refractivity (Wildman–Crippen MR) is 67.0 cm³/mol. The molecule has 0 unspecified atom stereocenters. The van der Waals surface area contributed by atoms with E-state index in [9.17, 15) is 0 Å². The molecule has 1 fully saturated rings. The van der Waals surface area contributed by atoms with Crippen LogP contribution in [0.4, 0.5) is 5.82 Å². The number of nitrogens with zero attached hydrogens (tertiary/aromatic N) is 5. The van der Waals surface area contributed by atoms with E-state index in [4.69, 9.17) is 5.73 Å². The molecule has 7 heteroatoms. The Morgan fingerprint density at radius 1 is 1.33 bits per heavy atom. The minimum atomic E-state index is 0.218. The number of hydrogen-bond acceptors (Lipinski definition) is 6. The van der Waals surface area contributed by atoms with Crippen molar-refractivity contribution in [2.75, 3.05) is 18.4 Å². The molecule has 0 radical (unpaired) electrons. The lowest BCUT2D eigenvalue weighted by Crippen LogP contribution is -2.35. The van der Waals surface area contributed by atoms with Crippen molar-refractivity contribution in [1.29, 1.82) is 0 Å². The normalized spacial score (nSPS) is 18.3. The van der Waals surface area contributed by atoms with Crippen LogP contribution in [0.25, 0.3) is 5.65 Å². The lowest BCUT2D eigenvalue weighted by atomic mass is 9.86. The fourth-order valence-electron chi connectivity index (χ4n) is 2.65. The van der Waals surface area contributed by atoms with E-state index in [0.717, 1.165) is 18.9 Å². The lowest BCUT2D eigenvalue weighted by Gasteiger charge is -2.27. The van der Waals surface area contributed by atoms with Gasteiger partial charge in [-0.1, -0.05) is 12.8 Å². The van der Waals surface area contributed by atoms with Crippen molar-refractivity contribution in [2.45, 2.75) is 25.7 Å². The second-order valence-electron chi connectivity index (χ2n) is 5.01. The lowest BCUT2D eigenvalue weighted by molar-refractivity contribution is 0.331. The molecule has 0 aromatic carbocycles. The Hall–Kier alpha value is -1.76. The number of anilines is 1. The fraction of sp³-hybridized carbons (Fsp3) is 0.636. The summed E-state index contributed by atoms with van der Waals surface area (Å²) >= 11 is 0. The Kier molecular flexibility index (Phi) is 2.83. The summed E-state index contributed by atoms with van der Waals surface area (Å²) < 4.78 is 1.66. The molecule has 3 rings (SSSR count). The number of rotatable bonds is 4. The number of tetrazole rings is 1. The van der Waals surface area contributed by atoms with Crippen LogP contribution < -0.4 is 11.1 Å². The molecule has 2 aromatic heterocycles. The molecule has 0 saturated heterocycles. The topological polar surface area (TPSA) is 94.0 Å². The van der Waals surface area contributed by atoms with Crippen LogP contribution in [0.15, 0.2) is 12.4 Å². The summed E-state index contributed by atoms with van der Waals surface area (Å²) in [6.07, 6.45) is 8.30. The molecule has 18 heavy (non-hydrogen) atoms. The first-order valence-corrected chi connectivity index (χ1v) is 6.29. The first-order chi connectivity index (χ1) is 8.83. The number of aromatic nitrogens is 5. The fourth-order valence-corrected chi connectivity index (χ4v) is 2.65. The minimum absolute atomic E-state index is 0.218. The Morgan fingerprint density at radius 3 is 2.94 bits per heavy atom. The van der Waals surface area contributed by atoms with Gasteiger partial charge < -0.3 is 11.1 Å². The highest BCUT2D eigenvalue weighted by Gasteiger charge is 2.32. The maximum absolute atomic E-state index is 5.92. The minimum Gasteiger partial charge on any atom is -0.368 e. The summed E-state index contributed by atoms with van der Waals surface area (Å²) in [5, 5.41) is 14.8. The van der Waals surface area contributed by atoms with Crippen molar-refractivity contribution in [3.63, 3.8) is 0 Å². The first kappa shape index (κ1) is 11.3. The van der Waals surface area contributed by atoms with E-state index in [1.165, 1.54) is 25.7 Å². The molecule has 0 aliphatic heterocycles. The molecule has 96 valence electrons. The molecule has 0 atom stereocenters. The highest BCUT2D eigenvalue weighted by molar-refractivity contribution is 5.43. The third-order valence-electron chi connectivity index (χ3n) is 3.85. The van der Waals surface area contributed by atoms with E-state index in [-0.39, 0.29) is 5.41 Å². The van der Waals surface area contributed by atoms with Gasteiger partial charge in [-0.25, -0.2) is 0 Å². The van der Waals surface area contributed by atoms with Gasteiger partial charge in [-0.15, -0.1) is 5.10 Å². The molecule has 1 aliphatic rings. The standard InChI is InChI=1S/C11H17N7/c12-7-11(3-1-2-4-11)8-14-9-5-13-6-10-15-16-17-18(9)10/h5-6,14H,1-4,7-8,12H2. The van der Waals surface area contributed by atoms with E-state index in [1.54, 1.807) is 16.9 Å². The van der Waals surface area contributed by atoms with Crippen molar-refractivity contribution >= 4 is 11.5 Å². The summed E-state index contributed by atoms with van der Waals surface area (Å²) in [5.41, 5.74) is 6.79. The van der Waals surface area contributed by atoms with E-state index in [2.05, 4.69) is 25.8 Å². The summed E-state index contributed by atoms with van der Waals surface area (Å²) in [4.78, 5) is 4.12. The van der Waals surface area contributed by atoms with Gasteiger partial charge in [0.05, 0.1) is 12.4 Å². The van der Waals surface area contributed by atoms with Crippen molar-refractivity contribution in [1.82, 2.24) is 25.0 Å². The molecule has 0 amide bonds. The Morgan fingerprint density at radius 2 is 2.17 bits per heavy atom. The summed E-state index contributed by atoms with van der Waals surface area (Å²) in [7, 11) is 0. The highest BCUT2D eigenvalue weighted by atomic mass is 15.5. The monoisotopic (exact) mass is 247 g/mol. The van der Waals surface area contributed by atoms with Gasteiger partial charge in [0.1, 0.15) is 5.82 Å². The maximum Gasteiger partial charge on any atom is 0.199 e. The van der Waals surface area contributed by atoms with Crippen LogP contribution in [0.3, 0.4) is 0 Å². The van der Waals surface area contributed by atoms with Crippen molar-refractivity contribution in [3.8, 4) is 0 Å². The molecule has 0 bridgehead atoms. The van der Waals surface area contributed by atoms with Crippen LogP contribution in [0, 0.1) is 5.41 Å². The van der Waals surface area contributed by atoms with Crippen LogP contribution >= 0.6 is 0 Å². The molecule has 1 aliphatic carbocycles. The highest BCUT2D eigenvalue weighted by Crippen LogP contribution is 2.37. The van der Waals surface area contributed by atoms with E-state index in [0.29, 0.717) is 5.65 Å². The number of nitrogens with one attached hydrogen (secondary N) is 1. The number of nitrogens with two attached hydrogens (primary N) is 1. The van der Waals surface area contributed by atoms with E-state index in [1.807, 2.05) is 0 Å². The van der Waals surface area contributed by atoms with Crippen LogP contribution in [-0.2, 0) is 0 Å². The molecule has 1 saturated carbocycles. The van der Waals surface area contributed by atoms with Gasteiger partial charge in [-0.2, -0.15) is 4.52 Å². The number of hydrogen-bond donors (Lipinski definition) is 2. The van der Waals surface area contributed by atoms with Gasteiger partial charge in [0.25, 0.3) is 0 Å². The largest absolute Gasteiger partial charge is 0.368 e. The molecule has 7 nitrogen and oxygen atoms in total. The molecule has 2 aromatic rings. The molecular formula is C11H17N7. The molecule has 3 N–H and O–H groups in total. The zero-order valence-corrected chi connectivity index (χ0v) is 10.2. The average Bonchev–Trinajstić information content (AvgIpc) is 3.06. The quantitative estimate of drug-likeness (QED) is 0.814. The van der Waals surface area contributed by atoms with Gasteiger partial charge in [-0.05, 0) is 35.2 Å². The van der Waals surface area contributed by atoms with Gasteiger partial charge in [0.2, 0.25) is 0 Å².